The highest BCUT2D eigenvalue weighted by atomic mass is 32.2. The zero-order chi connectivity index (χ0) is 15.9. The fourth-order valence-electron chi connectivity index (χ4n) is 2.48. The van der Waals surface area contributed by atoms with Gasteiger partial charge in [0.25, 0.3) is 0 Å². The largest absolute Gasteiger partial charge is 0.469 e. The van der Waals surface area contributed by atoms with Gasteiger partial charge < -0.3 is 9.64 Å². The molecule has 1 fully saturated rings. The average molecular weight is 315 g/mol. The highest BCUT2D eigenvalue weighted by molar-refractivity contribution is 8.00. The summed E-state index contributed by atoms with van der Waals surface area (Å²) in [5.41, 5.74) is 0. The van der Waals surface area contributed by atoms with Gasteiger partial charge in [-0.3, -0.25) is 9.59 Å². The molecule has 0 bridgehead atoms. The first-order chi connectivity index (χ1) is 9.83. The van der Waals surface area contributed by atoms with Crippen molar-refractivity contribution in [2.75, 3.05) is 19.4 Å². The van der Waals surface area contributed by atoms with E-state index in [0.717, 1.165) is 25.1 Å². The topological polar surface area (TPSA) is 46.6 Å². The van der Waals surface area contributed by atoms with Gasteiger partial charge in [-0.25, -0.2) is 0 Å². The second kappa shape index (κ2) is 8.66. The van der Waals surface area contributed by atoms with E-state index in [2.05, 4.69) is 25.5 Å². The standard InChI is InChI=1S/C16H29NO3S/c1-16(2,3)21-12-13-8-5-6-11-17(13)14(18)9-7-10-15(19)20-4/h13H,5-12H2,1-4H3. The Hall–Kier alpha value is -0.710. The van der Waals surface area contributed by atoms with Crippen LogP contribution in [-0.4, -0.2) is 47.0 Å². The second-order valence-electron chi connectivity index (χ2n) is 6.59. The number of carbonyl (C=O) groups excluding carboxylic acids is 2. The number of likely N-dealkylation sites (tertiary alicyclic amines) is 1. The van der Waals surface area contributed by atoms with Crippen LogP contribution in [0.2, 0.25) is 0 Å². The minimum Gasteiger partial charge on any atom is -0.469 e. The summed E-state index contributed by atoms with van der Waals surface area (Å²) < 4.78 is 4.84. The van der Waals surface area contributed by atoms with E-state index in [9.17, 15) is 9.59 Å². The summed E-state index contributed by atoms with van der Waals surface area (Å²) >= 11 is 1.93. The van der Waals surface area contributed by atoms with Gasteiger partial charge in [0, 0.05) is 35.9 Å². The molecule has 0 spiro atoms. The molecule has 1 aliphatic rings. The summed E-state index contributed by atoms with van der Waals surface area (Å²) in [5, 5.41) is 0. The molecular formula is C16H29NO3S. The summed E-state index contributed by atoms with van der Waals surface area (Å²) in [6.45, 7) is 7.50. The van der Waals surface area contributed by atoms with E-state index >= 15 is 0 Å². The summed E-state index contributed by atoms with van der Waals surface area (Å²) in [4.78, 5) is 25.5. The van der Waals surface area contributed by atoms with Gasteiger partial charge in [-0.1, -0.05) is 20.8 Å². The van der Waals surface area contributed by atoms with Crippen molar-refractivity contribution in [2.45, 2.75) is 70.1 Å². The summed E-state index contributed by atoms with van der Waals surface area (Å²) in [5.74, 6) is 0.964. The van der Waals surface area contributed by atoms with Gasteiger partial charge >= 0.3 is 5.97 Å². The van der Waals surface area contributed by atoms with Crippen LogP contribution in [0.5, 0.6) is 0 Å². The third kappa shape index (κ3) is 7.21. The smallest absolute Gasteiger partial charge is 0.305 e. The number of methoxy groups -OCH3 is 1. The van der Waals surface area contributed by atoms with Crippen LogP contribution in [0.3, 0.4) is 0 Å². The first-order valence-electron chi connectivity index (χ1n) is 7.84. The summed E-state index contributed by atoms with van der Waals surface area (Å²) in [6.07, 6.45) is 4.77. The number of hydrogen-bond donors (Lipinski definition) is 0. The molecule has 1 heterocycles. The monoisotopic (exact) mass is 315 g/mol. The van der Waals surface area contributed by atoms with E-state index < -0.39 is 0 Å². The van der Waals surface area contributed by atoms with Gasteiger partial charge in [-0.15, -0.1) is 0 Å². The molecule has 0 aromatic heterocycles. The predicted octanol–water partition coefficient (Wildman–Crippen LogP) is 3.24. The van der Waals surface area contributed by atoms with E-state index in [-0.39, 0.29) is 16.6 Å². The van der Waals surface area contributed by atoms with Gasteiger partial charge in [0.05, 0.1) is 7.11 Å². The Labute approximate surface area is 133 Å². The first kappa shape index (κ1) is 18.3. The van der Waals surface area contributed by atoms with Crippen LogP contribution < -0.4 is 0 Å². The van der Waals surface area contributed by atoms with Crippen LogP contribution >= 0.6 is 11.8 Å². The van der Waals surface area contributed by atoms with Crippen molar-refractivity contribution in [1.82, 2.24) is 4.90 Å². The molecule has 4 nitrogen and oxygen atoms in total. The number of hydrogen-bond acceptors (Lipinski definition) is 4. The zero-order valence-corrected chi connectivity index (χ0v) is 14.6. The van der Waals surface area contributed by atoms with Crippen LogP contribution in [0.25, 0.3) is 0 Å². The lowest BCUT2D eigenvalue weighted by atomic mass is 10.0. The molecule has 1 amide bonds. The van der Waals surface area contributed by atoms with Crippen molar-refractivity contribution in [3.05, 3.63) is 0 Å². The maximum absolute atomic E-state index is 12.4. The number of rotatable bonds is 6. The van der Waals surface area contributed by atoms with E-state index in [1.807, 2.05) is 16.7 Å². The number of carbonyl (C=O) groups is 2. The molecule has 21 heavy (non-hydrogen) atoms. The third-order valence-electron chi connectivity index (χ3n) is 3.66. The molecule has 0 N–H and O–H groups in total. The molecule has 1 unspecified atom stereocenters. The van der Waals surface area contributed by atoms with Gasteiger partial charge in [-0.2, -0.15) is 11.8 Å². The molecule has 1 saturated heterocycles. The SMILES string of the molecule is COC(=O)CCCC(=O)N1CCCCC1CSC(C)(C)C. The van der Waals surface area contributed by atoms with Crippen LogP contribution in [-0.2, 0) is 14.3 Å². The van der Waals surface area contributed by atoms with Crippen LogP contribution in [0, 0.1) is 0 Å². The van der Waals surface area contributed by atoms with Gasteiger partial charge in [0.1, 0.15) is 0 Å². The van der Waals surface area contributed by atoms with Gasteiger partial charge in [0.2, 0.25) is 5.91 Å². The highest BCUT2D eigenvalue weighted by Gasteiger charge is 2.27. The van der Waals surface area contributed by atoms with E-state index in [1.165, 1.54) is 13.5 Å². The molecular weight excluding hydrogens is 286 g/mol. The Morgan fingerprint density at radius 1 is 1.24 bits per heavy atom. The lowest BCUT2D eigenvalue weighted by Gasteiger charge is -2.37. The van der Waals surface area contributed by atoms with Gasteiger partial charge in [-0.05, 0) is 25.7 Å². The second-order valence-corrected chi connectivity index (χ2v) is 8.44. The molecule has 0 aromatic carbocycles. The summed E-state index contributed by atoms with van der Waals surface area (Å²) in [6, 6.07) is 0.355. The number of thioether (sulfide) groups is 1. The first-order valence-corrected chi connectivity index (χ1v) is 8.82. The van der Waals surface area contributed by atoms with Crippen molar-refractivity contribution in [3.8, 4) is 0 Å². The fourth-order valence-corrected chi connectivity index (χ4v) is 3.52. The molecule has 5 heteroatoms. The minimum absolute atomic E-state index is 0.193. The highest BCUT2D eigenvalue weighted by Crippen LogP contribution is 2.28. The lowest BCUT2D eigenvalue weighted by Crippen LogP contribution is -2.45. The van der Waals surface area contributed by atoms with Gasteiger partial charge in [0.15, 0.2) is 0 Å². The Kier molecular flexibility index (Phi) is 7.57. The Bertz CT molecular complexity index is 352. The quantitative estimate of drug-likeness (QED) is 0.706. The number of nitrogens with zero attached hydrogens (tertiary/aromatic N) is 1. The molecule has 1 rings (SSSR count). The lowest BCUT2D eigenvalue weighted by molar-refractivity contribution is -0.141. The third-order valence-corrected chi connectivity index (χ3v) is 5.07. The number of amides is 1. The Balaban J connectivity index is 2.44. The van der Waals surface area contributed by atoms with Crippen molar-refractivity contribution >= 4 is 23.6 Å². The minimum atomic E-state index is -0.235. The van der Waals surface area contributed by atoms with E-state index in [4.69, 9.17) is 0 Å². The van der Waals surface area contributed by atoms with Crippen molar-refractivity contribution in [2.24, 2.45) is 0 Å². The van der Waals surface area contributed by atoms with E-state index in [0.29, 0.717) is 25.3 Å². The molecule has 0 radical (unpaired) electrons. The maximum atomic E-state index is 12.4. The number of piperidine rings is 1. The average Bonchev–Trinajstić information content (AvgIpc) is 2.44. The van der Waals surface area contributed by atoms with Crippen molar-refractivity contribution in [1.29, 1.82) is 0 Å². The molecule has 0 aromatic rings. The fraction of sp³-hybridized carbons (Fsp3) is 0.875. The zero-order valence-electron chi connectivity index (χ0n) is 13.8. The molecule has 0 aliphatic carbocycles. The molecule has 1 atom stereocenters. The van der Waals surface area contributed by atoms with E-state index in [1.54, 1.807) is 0 Å². The van der Waals surface area contributed by atoms with Crippen molar-refractivity contribution in [3.63, 3.8) is 0 Å². The predicted molar refractivity (Wildman–Crippen MR) is 87.4 cm³/mol. The Morgan fingerprint density at radius 2 is 1.95 bits per heavy atom. The normalized spacial score (nSPS) is 19.4. The molecule has 0 saturated carbocycles. The van der Waals surface area contributed by atoms with Crippen LogP contribution in [0.15, 0.2) is 0 Å². The Morgan fingerprint density at radius 3 is 2.57 bits per heavy atom. The molecule has 122 valence electrons. The summed E-state index contributed by atoms with van der Waals surface area (Å²) in [7, 11) is 1.38. The maximum Gasteiger partial charge on any atom is 0.305 e. The van der Waals surface area contributed by atoms with Crippen LogP contribution in [0.1, 0.15) is 59.3 Å². The van der Waals surface area contributed by atoms with Crippen molar-refractivity contribution < 1.29 is 14.3 Å². The number of ether oxygens (including phenoxy) is 1. The van der Waals surface area contributed by atoms with Crippen LogP contribution in [0.4, 0.5) is 0 Å². The number of esters is 1. The molecule has 1 aliphatic heterocycles.